The van der Waals surface area contributed by atoms with Crippen molar-refractivity contribution >= 4 is 28.9 Å². The molecule has 0 aliphatic carbocycles. The van der Waals surface area contributed by atoms with E-state index in [1.807, 2.05) is 53.2 Å². The first-order valence-corrected chi connectivity index (χ1v) is 10.6. The number of nitrogens with zero attached hydrogens (tertiary/aromatic N) is 3. The highest BCUT2D eigenvalue weighted by atomic mass is 35.5. The van der Waals surface area contributed by atoms with Crippen molar-refractivity contribution in [2.24, 2.45) is 0 Å². The number of benzene rings is 2. The smallest absolute Gasteiger partial charge is 0.259 e. The van der Waals surface area contributed by atoms with Crippen LogP contribution in [0.4, 0.5) is 11.4 Å². The fraction of sp³-hybridized carbons (Fsp3) is 0.304. The number of ether oxygens (including phenoxy) is 1. The van der Waals surface area contributed by atoms with E-state index >= 15 is 0 Å². The number of aromatic nitrogens is 2. The molecule has 4 rings (SSSR count). The number of anilines is 2. The zero-order valence-corrected chi connectivity index (χ0v) is 17.7. The van der Waals surface area contributed by atoms with Gasteiger partial charge in [-0.3, -0.25) is 4.79 Å². The number of morpholine rings is 1. The molecule has 30 heavy (non-hydrogen) atoms. The lowest BCUT2D eigenvalue weighted by Crippen LogP contribution is -2.36. The first-order valence-electron chi connectivity index (χ1n) is 10.2. The molecule has 0 saturated carbocycles. The number of hydrogen-bond donors (Lipinski definition) is 1. The third kappa shape index (κ3) is 4.50. The van der Waals surface area contributed by atoms with Gasteiger partial charge in [-0.1, -0.05) is 24.9 Å². The van der Waals surface area contributed by atoms with Crippen LogP contribution in [0, 0.1) is 0 Å². The summed E-state index contributed by atoms with van der Waals surface area (Å²) in [4.78, 5) is 15.3. The number of nitrogens with one attached hydrogen (secondary N) is 1. The Morgan fingerprint density at radius 3 is 2.40 bits per heavy atom. The Labute approximate surface area is 181 Å². The van der Waals surface area contributed by atoms with Crippen molar-refractivity contribution in [1.82, 2.24) is 9.78 Å². The van der Waals surface area contributed by atoms with Crippen LogP contribution in [-0.2, 0) is 11.2 Å². The molecule has 0 bridgehead atoms. The number of carbonyl (C=O) groups excluding carboxylic acids is 1. The standard InChI is InChI=1S/C23H25ClN4O2/c1-2-3-22-21(16-25-28(22)20-8-4-17(24)5-9-20)23(29)26-18-6-10-19(11-7-18)27-12-14-30-15-13-27/h4-11,16H,2-3,12-15H2,1H3,(H,26,29). The Kier molecular flexibility index (Phi) is 6.35. The van der Waals surface area contributed by atoms with Gasteiger partial charge in [0, 0.05) is 29.5 Å². The van der Waals surface area contributed by atoms with Crippen LogP contribution in [0.5, 0.6) is 0 Å². The first-order chi connectivity index (χ1) is 14.7. The van der Waals surface area contributed by atoms with Crippen LogP contribution in [0.2, 0.25) is 5.02 Å². The highest BCUT2D eigenvalue weighted by molar-refractivity contribution is 6.30. The Morgan fingerprint density at radius 2 is 1.73 bits per heavy atom. The van der Waals surface area contributed by atoms with Crippen molar-refractivity contribution in [3.8, 4) is 5.69 Å². The van der Waals surface area contributed by atoms with Crippen LogP contribution in [0.25, 0.3) is 5.69 Å². The summed E-state index contributed by atoms with van der Waals surface area (Å²) in [5.74, 6) is -0.155. The number of hydrogen-bond acceptors (Lipinski definition) is 4. The van der Waals surface area contributed by atoms with Gasteiger partial charge in [0.15, 0.2) is 0 Å². The van der Waals surface area contributed by atoms with E-state index in [4.69, 9.17) is 16.3 Å². The second kappa shape index (κ2) is 9.32. The molecular formula is C23H25ClN4O2. The molecule has 6 nitrogen and oxygen atoms in total. The minimum absolute atomic E-state index is 0.155. The van der Waals surface area contributed by atoms with Crippen molar-refractivity contribution in [3.05, 3.63) is 71.0 Å². The molecule has 1 amide bonds. The third-order valence-corrected chi connectivity index (χ3v) is 5.42. The topological polar surface area (TPSA) is 59.4 Å². The van der Waals surface area contributed by atoms with E-state index in [1.54, 1.807) is 6.20 Å². The molecule has 1 aliphatic heterocycles. The minimum Gasteiger partial charge on any atom is -0.378 e. The lowest BCUT2D eigenvalue weighted by atomic mass is 10.1. The highest BCUT2D eigenvalue weighted by Crippen LogP contribution is 2.22. The molecule has 2 aromatic carbocycles. The fourth-order valence-electron chi connectivity index (χ4n) is 3.62. The number of amides is 1. The number of carbonyl (C=O) groups is 1. The molecule has 0 atom stereocenters. The molecule has 1 saturated heterocycles. The summed E-state index contributed by atoms with van der Waals surface area (Å²) in [5.41, 5.74) is 4.26. The van der Waals surface area contributed by atoms with Gasteiger partial charge >= 0.3 is 0 Å². The van der Waals surface area contributed by atoms with E-state index in [9.17, 15) is 4.79 Å². The summed E-state index contributed by atoms with van der Waals surface area (Å²) < 4.78 is 7.22. The van der Waals surface area contributed by atoms with Crippen molar-refractivity contribution in [3.63, 3.8) is 0 Å². The maximum atomic E-state index is 13.0. The van der Waals surface area contributed by atoms with E-state index in [0.717, 1.165) is 61.9 Å². The molecule has 1 aromatic heterocycles. The van der Waals surface area contributed by atoms with Gasteiger partial charge in [0.25, 0.3) is 5.91 Å². The summed E-state index contributed by atoms with van der Waals surface area (Å²) in [6, 6.07) is 15.4. The number of halogens is 1. The zero-order chi connectivity index (χ0) is 20.9. The third-order valence-electron chi connectivity index (χ3n) is 5.17. The monoisotopic (exact) mass is 424 g/mol. The largest absolute Gasteiger partial charge is 0.378 e. The Hall–Kier alpha value is -2.83. The lowest BCUT2D eigenvalue weighted by Gasteiger charge is -2.28. The van der Waals surface area contributed by atoms with E-state index in [0.29, 0.717) is 10.6 Å². The van der Waals surface area contributed by atoms with Crippen molar-refractivity contribution < 1.29 is 9.53 Å². The van der Waals surface area contributed by atoms with Crippen LogP contribution in [0.15, 0.2) is 54.7 Å². The van der Waals surface area contributed by atoms with Crippen molar-refractivity contribution in [2.75, 3.05) is 36.5 Å². The van der Waals surface area contributed by atoms with E-state index in [1.165, 1.54) is 0 Å². The summed E-state index contributed by atoms with van der Waals surface area (Å²) in [6.45, 7) is 5.35. The van der Waals surface area contributed by atoms with Gasteiger partial charge in [0.05, 0.1) is 36.4 Å². The maximum Gasteiger partial charge on any atom is 0.259 e. The summed E-state index contributed by atoms with van der Waals surface area (Å²) in [6.07, 6.45) is 3.30. The fourth-order valence-corrected chi connectivity index (χ4v) is 3.75. The molecular weight excluding hydrogens is 400 g/mol. The van der Waals surface area contributed by atoms with Crippen LogP contribution < -0.4 is 10.2 Å². The molecule has 0 unspecified atom stereocenters. The lowest BCUT2D eigenvalue weighted by molar-refractivity contribution is 0.102. The van der Waals surface area contributed by atoms with Gasteiger partial charge in [0.2, 0.25) is 0 Å². The van der Waals surface area contributed by atoms with Gasteiger partial charge in [-0.15, -0.1) is 0 Å². The number of rotatable bonds is 6. The Bertz CT molecular complexity index is 993. The summed E-state index contributed by atoms with van der Waals surface area (Å²) in [5, 5.41) is 8.14. The van der Waals surface area contributed by atoms with Crippen LogP contribution >= 0.6 is 11.6 Å². The maximum absolute atomic E-state index is 13.0. The van der Waals surface area contributed by atoms with Crippen LogP contribution in [0.3, 0.4) is 0 Å². The summed E-state index contributed by atoms with van der Waals surface area (Å²) >= 11 is 6.00. The van der Waals surface area contributed by atoms with E-state index in [2.05, 4.69) is 22.2 Å². The molecule has 156 valence electrons. The minimum atomic E-state index is -0.155. The second-order valence-electron chi connectivity index (χ2n) is 7.24. The second-order valence-corrected chi connectivity index (χ2v) is 7.68. The van der Waals surface area contributed by atoms with Gasteiger partial charge < -0.3 is 15.0 Å². The van der Waals surface area contributed by atoms with Crippen molar-refractivity contribution in [2.45, 2.75) is 19.8 Å². The molecule has 0 radical (unpaired) electrons. The van der Waals surface area contributed by atoms with E-state index in [-0.39, 0.29) is 5.91 Å². The van der Waals surface area contributed by atoms with E-state index < -0.39 is 0 Å². The predicted octanol–water partition coefficient (Wildman–Crippen LogP) is 4.57. The van der Waals surface area contributed by atoms with Gasteiger partial charge in [-0.05, 0) is 55.0 Å². The SMILES string of the molecule is CCCc1c(C(=O)Nc2ccc(N3CCOCC3)cc2)cnn1-c1ccc(Cl)cc1. The average molecular weight is 425 g/mol. The molecule has 7 heteroatoms. The van der Waals surface area contributed by atoms with Crippen molar-refractivity contribution in [1.29, 1.82) is 0 Å². The molecule has 0 spiro atoms. The highest BCUT2D eigenvalue weighted by Gasteiger charge is 2.18. The first kappa shape index (κ1) is 20.4. The van der Waals surface area contributed by atoms with Crippen LogP contribution in [0.1, 0.15) is 29.4 Å². The molecule has 2 heterocycles. The molecule has 1 N–H and O–H groups in total. The summed E-state index contributed by atoms with van der Waals surface area (Å²) in [7, 11) is 0. The zero-order valence-electron chi connectivity index (χ0n) is 17.0. The Balaban J connectivity index is 1.52. The quantitative estimate of drug-likeness (QED) is 0.629. The van der Waals surface area contributed by atoms with Crippen LogP contribution in [-0.4, -0.2) is 42.0 Å². The normalized spacial score (nSPS) is 14.0. The Morgan fingerprint density at radius 1 is 1.07 bits per heavy atom. The molecule has 3 aromatic rings. The predicted molar refractivity (Wildman–Crippen MR) is 120 cm³/mol. The van der Waals surface area contributed by atoms with Gasteiger partial charge in [-0.25, -0.2) is 4.68 Å². The van der Waals surface area contributed by atoms with Gasteiger partial charge in [-0.2, -0.15) is 5.10 Å². The molecule has 1 fully saturated rings. The molecule has 1 aliphatic rings. The van der Waals surface area contributed by atoms with Gasteiger partial charge in [0.1, 0.15) is 0 Å². The average Bonchev–Trinajstić information content (AvgIpc) is 3.19.